The van der Waals surface area contributed by atoms with Crippen molar-refractivity contribution in [2.45, 2.75) is 17.7 Å². The number of thioether (sulfide) groups is 1. The molecule has 0 unspecified atom stereocenters. The zero-order chi connectivity index (χ0) is 13.7. The van der Waals surface area contributed by atoms with E-state index in [1.807, 2.05) is 36.9 Å². The van der Waals surface area contributed by atoms with Gasteiger partial charge in [-0.2, -0.15) is 5.10 Å². The number of aromatic nitrogens is 2. The standard InChI is InChI=1S/C15H17N3S/c1-12-10-15(18(2)17-12)19-11-14-7-4-3-6-13(14)8-5-9-16/h3-4,6-7,10H,9,11,16H2,1-2H3. The van der Waals surface area contributed by atoms with Gasteiger partial charge >= 0.3 is 0 Å². The lowest BCUT2D eigenvalue weighted by Crippen LogP contribution is -1.95. The van der Waals surface area contributed by atoms with Crippen LogP contribution in [0.5, 0.6) is 0 Å². The average molecular weight is 271 g/mol. The number of nitrogens with two attached hydrogens (primary N) is 1. The van der Waals surface area contributed by atoms with Crippen molar-refractivity contribution in [1.29, 1.82) is 0 Å². The molecule has 2 aromatic rings. The van der Waals surface area contributed by atoms with Gasteiger partial charge in [-0.25, -0.2) is 0 Å². The minimum atomic E-state index is 0.391. The lowest BCUT2D eigenvalue weighted by Gasteiger charge is -2.04. The molecule has 0 saturated carbocycles. The minimum absolute atomic E-state index is 0.391. The highest BCUT2D eigenvalue weighted by molar-refractivity contribution is 7.98. The summed E-state index contributed by atoms with van der Waals surface area (Å²) in [4.78, 5) is 0. The van der Waals surface area contributed by atoms with Gasteiger partial charge in [-0.05, 0) is 24.6 Å². The molecule has 0 aliphatic carbocycles. The van der Waals surface area contributed by atoms with E-state index in [0.717, 1.165) is 17.0 Å². The normalized spacial score (nSPS) is 10.1. The molecular weight excluding hydrogens is 254 g/mol. The zero-order valence-corrected chi connectivity index (χ0v) is 12.0. The van der Waals surface area contributed by atoms with E-state index >= 15 is 0 Å². The summed E-state index contributed by atoms with van der Waals surface area (Å²) < 4.78 is 1.91. The average Bonchev–Trinajstić information content (AvgIpc) is 2.73. The van der Waals surface area contributed by atoms with E-state index in [4.69, 9.17) is 5.73 Å². The molecule has 98 valence electrons. The predicted molar refractivity (Wildman–Crippen MR) is 79.9 cm³/mol. The molecule has 0 amide bonds. The van der Waals surface area contributed by atoms with E-state index in [1.165, 1.54) is 10.6 Å². The third-order valence-corrected chi connectivity index (χ3v) is 3.81. The second-order valence-corrected chi connectivity index (χ2v) is 5.19. The number of nitrogens with zero attached hydrogens (tertiary/aromatic N) is 2. The van der Waals surface area contributed by atoms with Crippen LogP contribution in [0.15, 0.2) is 35.4 Å². The summed E-state index contributed by atoms with van der Waals surface area (Å²) in [7, 11) is 1.97. The molecule has 0 atom stereocenters. The molecule has 1 heterocycles. The van der Waals surface area contributed by atoms with Crippen LogP contribution in [0.1, 0.15) is 16.8 Å². The van der Waals surface area contributed by atoms with Gasteiger partial charge in [0.05, 0.1) is 17.3 Å². The number of rotatable bonds is 3. The van der Waals surface area contributed by atoms with Gasteiger partial charge in [-0.3, -0.25) is 4.68 Å². The van der Waals surface area contributed by atoms with Crippen molar-refractivity contribution >= 4 is 11.8 Å². The first kappa shape index (κ1) is 13.7. The quantitative estimate of drug-likeness (QED) is 0.688. The Labute approximate surface area is 118 Å². The Bertz CT molecular complexity index is 620. The van der Waals surface area contributed by atoms with Crippen LogP contribution >= 0.6 is 11.8 Å². The molecule has 0 radical (unpaired) electrons. The van der Waals surface area contributed by atoms with Crippen molar-refractivity contribution in [2.75, 3.05) is 6.54 Å². The molecule has 2 rings (SSSR count). The summed E-state index contributed by atoms with van der Waals surface area (Å²) in [6.07, 6.45) is 0. The summed E-state index contributed by atoms with van der Waals surface area (Å²) in [5.41, 5.74) is 8.75. The van der Waals surface area contributed by atoms with Crippen LogP contribution in [0.25, 0.3) is 0 Å². The fourth-order valence-corrected chi connectivity index (χ4v) is 2.82. The Balaban J connectivity index is 2.13. The molecule has 0 fully saturated rings. The first-order valence-electron chi connectivity index (χ1n) is 6.11. The molecule has 0 saturated heterocycles. The van der Waals surface area contributed by atoms with E-state index in [1.54, 1.807) is 11.8 Å². The zero-order valence-electron chi connectivity index (χ0n) is 11.2. The molecule has 0 aliphatic heterocycles. The van der Waals surface area contributed by atoms with Crippen LogP contribution in [0, 0.1) is 18.8 Å². The van der Waals surface area contributed by atoms with E-state index in [0.29, 0.717) is 6.54 Å². The first-order valence-corrected chi connectivity index (χ1v) is 7.09. The van der Waals surface area contributed by atoms with Crippen molar-refractivity contribution in [3.8, 4) is 11.8 Å². The van der Waals surface area contributed by atoms with Crippen LogP contribution in [-0.2, 0) is 12.8 Å². The third kappa shape index (κ3) is 3.63. The Hall–Kier alpha value is -1.70. The van der Waals surface area contributed by atoms with Crippen molar-refractivity contribution in [3.05, 3.63) is 47.2 Å². The van der Waals surface area contributed by atoms with E-state index in [9.17, 15) is 0 Å². The van der Waals surface area contributed by atoms with Crippen LogP contribution in [0.3, 0.4) is 0 Å². The summed E-state index contributed by atoms with van der Waals surface area (Å²) in [5, 5.41) is 5.51. The monoisotopic (exact) mass is 271 g/mol. The highest BCUT2D eigenvalue weighted by Crippen LogP contribution is 2.24. The number of benzene rings is 1. The maximum Gasteiger partial charge on any atom is 0.0942 e. The van der Waals surface area contributed by atoms with Crippen LogP contribution in [0.4, 0.5) is 0 Å². The van der Waals surface area contributed by atoms with Gasteiger partial charge in [0.15, 0.2) is 0 Å². The molecule has 2 N–H and O–H groups in total. The van der Waals surface area contributed by atoms with Crippen molar-refractivity contribution in [2.24, 2.45) is 12.8 Å². The fourth-order valence-electron chi connectivity index (χ4n) is 1.79. The van der Waals surface area contributed by atoms with Crippen molar-refractivity contribution in [1.82, 2.24) is 9.78 Å². The summed E-state index contributed by atoms with van der Waals surface area (Å²) in [6, 6.07) is 10.3. The Morgan fingerprint density at radius 1 is 1.37 bits per heavy atom. The summed E-state index contributed by atoms with van der Waals surface area (Å²) >= 11 is 1.77. The first-order chi connectivity index (χ1) is 9.20. The topological polar surface area (TPSA) is 43.8 Å². The molecular formula is C15H17N3S. The largest absolute Gasteiger partial charge is 0.320 e. The van der Waals surface area contributed by atoms with Crippen LogP contribution < -0.4 is 5.73 Å². The lowest BCUT2D eigenvalue weighted by molar-refractivity contribution is 0.692. The summed E-state index contributed by atoms with van der Waals surface area (Å²) in [5.74, 6) is 6.91. The smallest absolute Gasteiger partial charge is 0.0942 e. The van der Waals surface area contributed by atoms with E-state index in [2.05, 4.69) is 29.1 Å². The van der Waals surface area contributed by atoms with Gasteiger partial charge in [0.2, 0.25) is 0 Å². The molecule has 19 heavy (non-hydrogen) atoms. The SMILES string of the molecule is Cc1cc(SCc2ccccc2C#CCN)n(C)n1. The highest BCUT2D eigenvalue weighted by Gasteiger charge is 2.05. The van der Waals surface area contributed by atoms with Crippen LogP contribution in [0.2, 0.25) is 0 Å². The Kier molecular flexibility index (Phi) is 4.67. The number of hydrogen-bond acceptors (Lipinski definition) is 3. The molecule has 4 heteroatoms. The minimum Gasteiger partial charge on any atom is -0.320 e. The van der Waals surface area contributed by atoms with E-state index < -0.39 is 0 Å². The molecule has 0 spiro atoms. The van der Waals surface area contributed by atoms with Gasteiger partial charge in [0.1, 0.15) is 0 Å². The number of hydrogen-bond donors (Lipinski definition) is 1. The second kappa shape index (κ2) is 6.46. The van der Waals surface area contributed by atoms with Crippen molar-refractivity contribution < 1.29 is 0 Å². The molecule has 1 aromatic heterocycles. The lowest BCUT2D eigenvalue weighted by atomic mass is 10.1. The van der Waals surface area contributed by atoms with Gasteiger partial charge < -0.3 is 5.73 Å². The Morgan fingerprint density at radius 3 is 2.84 bits per heavy atom. The third-order valence-electron chi connectivity index (χ3n) is 2.68. The maximum atomic E-state index is 5.42. The molecule has 3 nitrogen and oxygen atoms in total. The molecule has 0 bridgehead atoms. The molecule has 1 aromatic carbocycles. The maximum absolute atomic E-state index is 5.42. The van der Waals surface area contributed by atoms with Crippen LogP contribution in [-0.4, -0.2) is 16.3 Å². The predicted octanol–water partition coefficient (Wildman–Crippen LogP) is 2.33. The van der Waals surface area contributed by atoms with Gasteiger partial charge in [0.25, 0.3) is 0 Å². The van der Waals surface area contributed by atoms with Gasteiger partial charge in [0, 0.05) is 18.4 Å². The van der Waals surface area contributed by atoms with Gasteiger partial charge in [-0.15, -0.1) is 11.8 Å². The second-order valence-electron chi connectivity index (χ2n) is 4.20. The highest BCUT2D eigenvalue weighted by atomic mass is 32.2. The number of aryl methyl sites for hydroxylation is 2. The summed E-state index contributed by atoms with van der Waals surface area (Å²) in [6.45, 7) is 2.40. The van der Waals surface area contributed by atoms with Crippen molar-refractivity contribution in [3.63, 3.8) is 0 Å². The van der Waals surface area contributed by atoms with E-state index in [-0.39, 0.29) is 0 Å². The fraction of sp³-hybridized carbons (Fsp3) is 0.267. The Morgan fingerprint density at radius 2 is 2.16 bits per heavy atom. The van der Waals surface area contributed by atoms with Gasteiger partial charge in [-0.1, -0.05) is 30.0 Å². The molecule has 0 aliphatic rings.